The number of carbonyl (C=O) groups is 1. The summed E-state index contributed by atoms with van der Waals surface area (Å²) in [7, 11) is 0. The largest absolute Gasteiger partial charge is 0.333 e. The second kappa shape index (κ2) is 7.25. The second-order valence-electron chi connectivity index (χ2n) is 4.83. The van der Waals surface area contributed by atoms with E-state index in [9.17, 15) is 4.79 Å². The van der Waals surface area contributed by atoms with Crippen molar-refractivity contribution in [1.29, 1.82) is 0 Å². The normalized spacial score (nSPS) is 10.9. The lowest BCUT2D eigenvalue weighted by Crippen LogP contribution is -2.12. The van der Waals surface area contributed by atoms with Crippen LogP contribution in [-0.2, 0) is 4.79 Å². The van der Waals surface area contributed by atoms with Crippen LogP contribution in [0.15, 0.2) is 47.6 Å². The SMILES string of the molecule is O=C(CCSc1nc2ccccc2[nH]1)Nc1ccc(Cl)cc1Cl. The van der Waals surface area contributed by atoms with Crippen LogP contribution in [0.2, 0.25) is 10.0 Å². The summed E-state index contributed by atoms with van der Waals surface area (Å²) in [5.41, 5.74) is 2.48. The van der Waals surface area contributed by atoms with Crippen LogP contribution in [0.3, 0.4) is 0 Å². The quantitative estimate of drug-likeness (QED) is 0.626. The molecule has 4 nitrogen and oxygen atoms in total. The van der Waals surface area contributed by atoms with E-state index in [-0.39, 0.29) is 5.91 Å². The van der Waals surface area contributed by atoms with Gasteiger partial charge in [0.2, 0.25) is 5.91 Å². The molecule has 1 amide bonds. The van der Waals surface area contributed by atoms with Gasteiger partial charge in [-0.1, -0.05) is 47.1 Å². The maximum atomic E-state index is 12.0. The number of benzene rings is 2. The topological polar surface area (TPSA) is 57.8 Å². The van der Waals surface area contributed by atoms with Gasteiger partial charge >= 0.3 is 0 Å². The molecule has 2 N–H and O–H groups in total. The van der Waals surface area contributed by atoms with Crippen LogP contribution in [0.4, 0.5) is 5.69 Å². The van der Waals surface area contributed by atoms with Gasteiger partial charge < -0.3 is 10.3 Å². The Bertz CT molecular complexity index is 817. The molecular formula is C16H13Cl2N3OS. The molecule has 2 aromatic carbocycles. The van der Waals surface area contributed by atoms with Gasteiger partial charge in [0.15, 0.2) is 5.16 Å². The lowest BCUT2D eigenvalue weighted by molar-refractivity contribution is -0.115. The molecule has 0 aliphatic heterocycles. The number of anilines is 1. The predicted octanol–water partition coefficient (Wildman–Crippen LogP) is 4.99. The molecule has 0 aliphatic rings. The molecule has 0 aliphatic carbocycles. The number of H-pyrrole nitrogens is 1. The third-order valence-corrected chi connectivity index (χ3v) is 4.56. The van der Waals surface area contributed by atoms with E-state index in [1.807, 2.05) is 24.3 Å². The van der Waals surface area contributed by atoms with Crippen LogP contribution in [-0.4, -0.2) is 21.6 Å². The fourth-order valence-corrected chi connectivity index (χ4v) is 3.32. The number of hydrogen-bond acceptors (Lipinski definition) is 3. The highest BCUT2D eigenvalue weighted by Gasteiger charge is 2.08. The standard InChI is InChI=1S/C16H13Cl2N3OS/c17-10-5-6-12(11(18)9-10)19-15(22)7-8-23-16-20-13-3-1-2-4-14(13)21-16/h1-6,9H,7-8H2,(H,19,22)(H,20,21). The first-order valence-corrected chi connectivity index (χ1v) is 8.68. The van der Waals surface area contributed by atoms with Crippen molar-refractivity contribution in [2.24, 2.45) is 0 Å². The van der Waals surface area contributed by atoms with Crippen molar-refractivity contribution in [2.75, 3.05) is 11.1 Å². The Balaban J connectivity index is 1.52. The van der Waals surface area contributed by atoms with Gasteiger partial charge in [-0.25, -0.2) is 4.98 Å². The highest BCUT2D eigenvalue weighted by atomic mass is 35.5. The van der Waals surface area contributed by atoms with Gasteiger partial charge in [-0.3, -0.25) is 4.79 Å². The Labute approximate surface area is 147 Å². The third kappa shape index (κ3) is 4.19. The summed E-state index contributed by atoms with van der Waals surface area (Å²) >= 11 is 13.4. The molecule has 1 aromatic heterocycles. The van der Waals surface area contributed by atoms with E-state index >= 15 is 0 Å². The van der Waals surface area contributed by atoms with Gasteiger partial charge in [0.25, 0.3) is 0 Å². The van der Waals surface area contributed by atoms with Crippen molar-refractivity contribution in [3.63, 3.8) is 0 Å². The zero-order valence-electron chi connectivity index (χ0n) is 12.0. The van der Waals surface area contributed by atoms with Gasteiger partial charge in [0, 0.05) is 17.2 Å². The van der Waals surface area contributed by atoms with Crippen LogP contribution >= 0.6 is 35.0 Å². The zero-order chi connectivity index (χ0) is 16.2. The first kappa shape index (κ1) is 16.2. The van der Waals surface area contributed by atoms with E-state index in [2.05, 4.69) is 15.3 Å². The molecule has 0 atom stereocenters. The number of thioether (sulfide) groups is 1. The summed E-state index contributed by atoms with van der Waals surface area (Å²) in [6.07, 6.45) is 0.362. The van der Waals surface area contributed by atoms with Crippen molar-refractivity contribution in [2.45, 2.75) is 11.6 Å². The summed E-state index contributed by atoms with van der Waals surface area (Å²) in [5, 5.41) is 4.55. The molecule has 118 valence electrons. The van der Waals surface area contributed by atoms with E-state index in [4.69, 9.17) is 23.2 Å². The number of para-hydroxylation sites is 2. The molecule has 0 saturated carbocycles. The first-order chi connectivity index (χ1) is 11.1. The summed E-state index contributed by atoms with van der Waals surface area (Å²) in [5.74, 6) is 0.523. The van der Waals surface area contributed by atoms with E-state index in [0.29, 0.717) is 27.9 Å². The van der Waals surface area contributed by atoms with Crippen molar-refractivity contribution in [3.8, 4) is 0 Å². The van der Waals surface area contributed by atoms with Gasteiger partial charge in [-0.15, -0.1) is 0 Å². The molecule has 0 fully saturated rings. The number of fused-ring (bicyclic) bond motifs is 1. The average molecular weight is 366 g/mol. The maximum Gasteiger partial charge on any atom is 0.225 e. The zero-order valence-corrected chi connectivity index (χ0v) is 14.3. The smallest absolute Gasteiger partial charge is 0.225 e. The number of nitrogens with one attached hydrogen (secondary N) is 2. The molecular weight excluding hydrogens is 353 g/mol. The van der Waals surface area contributed by atoms with Crippen molar-refractivity contribution >= 4 is 57.6 Å². The highest BCUT2D eigenvalue weighted by molar-refractivity contribution is 7.99. The van der Waals surface area contributed by atoms with Crippen LogP contribution in [0, 0.1) is 0 Å². The van der Waals surface area contributed by atoms with Gasteiger partial charge in [-0.2, -0.15) is 0 Å². The predicted molar refractivity (Wildman–Crippen MR) is 96.5 cm³/mol. The Hall–Kier alpha value is -1.69. The van der Waals surface area contributed by atoms with Crippen molar-refractivity contribution in [3.05, 3.63) is 52.5 Å². The molecule has 3 rings (SSSR count). The molecule has 1 heterocycles. The number of hydrogen-bond donors (Lipinski definition) is 2. The van der Waals surface area contributed by atoms with E-state index in [1.54, 1.807) is 18.2 Å². The number of aromatic amines is 1. The summed E-state index contributed by atoms with van der Waals surface area (Å²) in [4.78, 5) is 19.6. The molecule has 0 saturated heterocycles. The lowest BCUT2D eigenvalue weighted by Gasteiger charge is -2.07. The minimum absolute atomic E-state index is 0.0992. The molecule has 0 radical (unpaired) electrons. The molecule has 0 spiro atoms. The monoisotopic (exact) mass is 365 g/mol. The maximum absolute atomic E-state index is 12.0. The van der Waals surface area contributed by atoms with E-state index in [0.717, 1.165) is 16.2 Å². The fourth-order valence-electron chi connectivity index (χ4n) is 2.04. The molecule has 7 heteroatoms. The van der Waals surface area contributed by atoms with Gasteiger partial charge in [0.05, 0.1) is 21.7 Å². The lowest BCUT2D eigenvalue weighted by atomic mass is 10.3. The Morgan fingerprint density at radius 1 is 1.22 bits per heavy atom. The minimum atomic E-state index is -0.0992. The highest BCUT2D eigenvalue weighted by Crippen LogP contribution is 2.26. The Kier molecular flexibility index (Phi) is 5.10. The van der Waals surface area contributed by atoms with Crippen LogP contribution in [0.25, 0.3) is 11.0 Å². The fraction of sp³-hybridized carbons (Fsp3) is 0.125. The molecule has 23 heavy (non-hydrogen) atoms. The number of nitrogens with zero attached hydrogens (tertiary/aromatic N) is 1. The number of rotatable bonds is 5. The van der Waals surface area contributed by atoms with Gasteiger partial charge in [-0.05, 0) is 30.3 Å². The molecule has 0 bridgehead atoms. The minimum Gasteiger partial charge on any atom is -0.333 e. The third-order valence-electron chi connectivity index (χ3n) is 3.14. The Morgan fingerprint density at radius 2 is 2.04 bits per heavy atom. The van der Waals surface area contributed by atoms with E-state index in [1.165, 1.54) is 11.8 Å². The second-order valence-corrected chi connectivity index (χ2v) is 6.76. The number of aromatic nitrogens is 2. The first-order valence-electron chi connectivity index (χ1n) is 6.94. The average Bonchev–Trinajstić information content (AvgIpc) is 2.93. The van der Waals surface area contributed by atoms with Gasteiger partial charge in [0.1, 0.15) is 0 Å². The summed E-state index contributed by atoms with van der Waals surface area (Å²) in [6.45, 7) is 0. The van der Waals surface area contributed by atoms with Crippen molar-refractivity contribution in [1.82, 2.24) is 9.97 Å². The van der Waals surface area contributed by atoms with E-state index < -0.39 is 0 Å². The molecule has 3 aromatic rings. The van der Waals surface area contributed by atoms with Crippen molar-refractivity contribution < 1.29 is 4.79 Å². The summed E-state index contributed by atoms with van der Waals surface area (Å²) < 4.78 is 0. The number of halogens is 2. The molecule has 0 unspecified atom stereocenters. The van der Waals surface area contributed by atoms with Crippen LogP contribution in [0.5, 0.6) is 0 Å². The number of amides is 1. The van der Waals surface area contributed by atoms with Crippen LogP contribution in [0.1, 0.15) is 6.42 Å². The summed E-state index contributed by atoms with van der Waals surface area (Å²) in [6, 6.07) is 12.8. The Morgan fingerprint density at radius 3 is 2.83 bits per heavy atom. The van der Waals surface area contributed by atoms with Crippen LogP contribution < -0.4 is 5.32 Å². The number of imidazole rings is 1. The number of carbonyl (C=O) groups excluding carboxylic acids is 1.